The van der Waals surface area contributed by atoms with Crippen molar-refractivity contribution in [2.45, 2.75) is 167 Å². The van der Waals surface area contributed by atoms with Crippen molar-refractivity contribution in [1.29, 1.82) is 0 Å². The molecule has 0 bridgehead atoms. The van der Waals surface area contributed by atoms with Gasteiger partial charge < -0.3 is 29.5 Å². The van der Waals surface area contributed by atoms with Crippen molar-refractivity contribution >= 4 is 25.5 Å². The number of rotatable bonds is 33. The van der Waals surface area contributed by atoms with Crippen molar-refractivity contribution in [2.75, 3.05) is 13.2 Å². The summed E-state index contributed by atoms with van der Waals surface area (Å²) in [5, 5.41) is 20.6. The fourth-order valence-electron chi connectivity index (χ4n) is 6.18. The van der Waals surface area contributed by atoms with Crippen LogP contribution in [0.15, 0.2) is 60.8 Å². The Morgan fingerprint density at radius 2 is 1.35 bits per heavy atom. The number of aliphatic hydroxyl groups excluding tert-OH is 2. The first kappa shape index (κ1) is 50.4. The summed E-state index contributed by atoms with van der Waals surface area (Å²) in [7, 11) is -4.84. The number of carbonyl (C=O) groups is 3. The lowest BCUT2D eigenvalue weighted by Gasteiger charge is -2.18. The van der Waals surface area contributed by atoms with Crippen LogP contribution in [-0.4, -0.2) is 69.2 Å². The van der Waals surface area contributed by atoms with E-state index in [0.29, 0.717) is 32.1 Å². The zero-order valence-corrected chi connectivity index (χ0v) is 34.4. The van der Waals surface area contributed by atoms with E-state index in [1.54, 1.807) is 12.2 Å². The van der Waals surface area contributed by atoms with Gasteiger partial charge in [-0.05, 0) is 70.6 Å². The molecule has 0 radical (unpaired) electrons. The summed E-state index contributed by atoms with van der Waals surface area (Å²) in [5.41, 5.74) is 0. The molecule has 0 spiro atoms. The van der Waals surface area contributed by atoms with Crippen LogP contribution < -0.4 is 0 Å². The number of hydrogen-bond donors (Lipinski definition) is 4. The molecular weight excluding hydrogens is 723 g/mol. The van der Waals surface area contributed by atoms with Crippen molar-refractivity contribution in [2.24, 2.45) is 11.8 Å². The molecule has 5 atom stereocenters. The van der Waals surface area contributed by atoms with Crippen LogP contribution in [0.5, 0.6) is 0 Å². The van der Waals surface area contributed by atoms with Crippen LogP contribution >= 0.6 is 7.82 Å². The number of ether oxygens (including phenoxy) is 2. The Labute approximate surface area is 330 Å². The van der Waals surface area contributed by atoms with E-state index in [1.165, 1.54) is 19.3 Å². The minimum Gasteiger partial charge on any atom is -0.462 e. The third-order valence-corrected chi connectivity index (χ3v) is 9.87. The standard InChI is InChI=1S/C43H71O11P/c1-3-5-7-8-9-10-11-12-13-14-15-16-17-18-19-20-25-29-42(47)52-34-37(35-53-55(49,50)51)54-43(48)30-26-22-21-24-28-38-39(41(46)33-40(38)45)32-31-36(44)27-23-6-4-2/h9-10,12-13,15-16,21,24,31-32,36-40,44-45H,3-8,11,14,17-20,22-23,25-30,33-35H2,1-2H3,(H2,49,50,51)/b10-9-,13-12-,16-15-,24-21-,32-31+/t36-,37+,38+,39+,40-/m0/s1. The molecular formula is C43H71O11P. The molecule has 0 aromatic carbocycles. The van der Waals surface area contributed by atoms with E-state index in [1.807, 2.05) is 12.2 Å². The van der Waals surface area contributed by atoms with Gasteiger partial charge in [-0.25, -0.2) is 4.57 Å². The van der Waals surface area contributed by atoms with Gasteiger partial charge in [-0.3, -0.25) is 18.9 Å². The SMILES string of the molecule is CCCCC/C=C\C/C=C\C/C=C\CCCCCCC(=O)OC[C@H](COP(=O)(O)O)OC(=O)CCC/C=C\C[C@H]1[C@@H](O)CC(=O)[C@@H]1/C=C/[C@@H](O)CCCCC. The molecule has 1 fully saturated rings. The van der Waals surface area contributed by atoms with Gasteiger partial charge in [0.05, 0.1) is 18.8 Å². The number of carbonyl (C=O) groups excluding carboxylic acids is 3. The third-order valence-electron chi connectivity index (χ3n) is 9.39. The van der Waals surface area contributed by atoms with Crippen LogP contribution in [0.25, 0.3) is 0 Å². The van der Waals surface area contributed by atoms with E-state index in [0.717, 1.165) is 64.2 Å². The molecule has 0 amide bonds. The zero-order valence-electron chi connectivity index (χ0n) is 33.5. The van der Waals surface area contributed by atoms with Crippen LogP contribution in [0, 0.1) is 11.8 Å². The zero-order chi connectivity index (χ0) is 40.6. The Morgan fingerprint density at radius 1 is 0.764 bits per heavy atom. The second kappa shape index (κ2) is 32.4. The largest absolute Gasteiger partial charge is 0.469 e. The molecule has 1 rings (SSSR count). The molecule has 0 aliphatic heterocycles. The molecule has 55 heavy (non-hydrogen) atoms. The molecule has 11 nitrogen and oxygen atoms in total. The Hall–Kier alpha value is -2.66. The Kier molecular flexibility index (Phi) is 29.7. The first-order valence-corrected chi connectivity index (χ1v) is 22.2. The Bertz CT molecular complexity index is 1230. The number of ketones is 1. The molecule has 0 saturated heterocycles. The van der Waals surface area contributed by atoms with Crippen LogP contribution in [0.2, 0.25) is 0 Å². The third kappa shape index (κ3) is 28.4. The van der Waals surface area contributed by atoms with Crippen molar-refractivity contribution in [3.8, 4) is 0 Å². The maximum atomic E-state index is 12.5. The van der Waals surface area contributed by atoms with E-state index >= 15 is 0 Å². The van der Waals surface area contributed by atoms with Gasteiger partial charge in [0.2, 0.25) is 0 Å². The number of phosphoric ester groups is 1. The van der Waals surface area contributed by atoms with Gasteiger partial charge in [-0.15, -0.1) is 0 Å². The fourth-order valence-corrected chi connectivity index (χ4v) is 6.54. The molecule has 0 aromatic heterocycles. The fraction of sp³-hybridized carbons (Fsp3) is 0.698. The van der Waals surface area contributed by atoms with Crippen LogP contribution in [-0.2, 0) is 32.9 Å². The summed E-state index contributed by atoms with van der Waals surface area (Å²) < 4.78 is 26.3. The van der Waals surface area contributed by atoms with Gasteiger partial charge in [0, 0.05) is 31.1 Å². The molecule has 314 valence electrons. The molecule has 1 aliphatic carbocycles. The number of Topliss-reactive ketones (excluding diaryl/α,β-unsaturated/α-hetero) is 1. The van der Waals surface area contributed by atoms with Crippen LogP contribution in [0.4, 0.5) is 0 Å². The maximum Gasteiger partial charge on any atom is 0.469 e. The van der Waals surface area contributed by atoms with Gasteiger partial charge in [-0.2, -0.15) is 0 Å². The topological polar surface area (TPSA) is 177 Å². The average molecular weight is 795 g/mol. The summed E-state index contributed by atoms with van der Waals surface area (Å²) in [5.74, 6) is -1.89. The van der Waals surface area contributed by atoms with Crippen molar-refractivity contribution < 1.29 is 52.9 Å². The monoisotopic (exact) mass is 794 g/mol. The number of phosphoric acid groups is 1. The summed E-state index contributed by atoms with van der Waals surface area (Å²) in [6, 6.07) is 0. The van der Waals surface area contributed by atoms with E-state index in [4.69, 9.17) is 19.3 Å². The summed E-state index contributed by atoms with van der Waals surface area (Å²) >= 11 is 0. The van der Waals surface area contributed by atoms with Crippen molar-refractivity contribution in [1.82, 2.24) is 0 Å². The highest BCUT2D eigenvalue weighted by Gasteiger charge is 2.39. The van der Waals surface area contributed by atoms with Crippen molar-refractivity contribution in [3.05, 3.63) is 60.8 Å². The van der Waals surface area contributed by atoms with E-state index in [2.05, 4.69) is 54.8 Å². The Balaban J connectivity index is 2.33. The predicted molar refractivity (Wildman–Crippen MR) is 217 cm³/mol. The molecule has 0 unspecified atom stereocenters. The van der Waals surface area contributed by atoms with E-state index in [-0.39, 0.29) is 37.6 Å². The summed E-state index contributed by atoms with van der Waals surface area (Å²) in [4.78, 5) is 55.5. The summed E-state index contributed by atoms with van der Waals surface area (Å²) in [6.45, 7) is 3.30. The molecule has 1 aliphatic rings. The summed E-state index contributed by atoms with van der Waals surface area (Å²) in [6.07, 6.45) is 34.5. The van der Waals surface area contributed by atoms with E-state index < -0.39 is 50.6 Å². The normalized spacial score (nSPS) is 19.2. The van der Waals surface area contributed by atoms with Gasteiger partial charge in [-0.1, -0.05) is 120 Å². The molecule has 1 saturated carbocycles. The van der Waals surface area contributed by atoms with Gasteiger partial charge >= 0.3 is 19.8 Å². The predicted octanol–water partition coefficient (Wildman–Crippen LogP) is 9.10. The minimum atomic E-state index is -4.84. The minimum absolute atomic E-state index is 0.0132. The number of hydrogen-bond acceptors (Lipinski definition) is 9. The second-order valence-corrected chi connectivity index (χ2v) is 15.6. The van der Waals surface area contributed by atoms with Crippen molar-refractivity contribution in [3.63, 3.8) is 0 Å². The highest BCUT2D eigenvalue weighted by molar-refractivity contribution is 7.46. The van der Waals surface area contributed by atoms with Gasteiger partial charge in [0.15, 0.2) is 6.10 Å². The smallest absolute Gasteiger partial charge is 0.462 e. The van der Waals surface area contributed by atoms with E-state index in [9.17, 15) is 29.2 Å². The van der Waals surface area contributed by atoms with Crippen LogP contribution in [0.3, 0.4) is 0 Å². The first-order valence-electron chi connectivity index (χ1n) is 20.7. The quantitative estimate of drug-likeness (QED) is 0.0216. The molecule has 4 N–H and O–H groups in total. The van der Waals surface area contributed by atoms with Gasteiger partial charge in [0.25, 0.3) is 0 Å². The molecule has 12 heteroatoms. The maximum absolute atomic E-state index is 12.5. The lowest BCUT2D eigenvalue weighted by Crippen LogP contribution is -2.29. The highest BCUT2D eigenvalue weighted by Crippen LogP contribution is 2.36. The number of esters is 2. The second-order valence-electron chi connectivity index (χ2n) is 14.4. The first-order chi connectivity index (χ1) is 26.5. The highest BCUT2D eigenvalue weighted by atomic mass is 31.2. The average Bonchev–Trinajstić information content (AvgIpc) is 3.41. The Morgan fingerprint density at radius 3 is 2.02 bits per heavy atom. The molecule has 0 aromatic rings. The lowest BCUT2D eigenvalue weighted by atomic mass is 9.90. The van der Waals surface area contributed by atoms with Crippen LogP contribution in [0.1, 0.15) is 149 Å². The van der Waals surface area contributed by atoms with Gasteiger partial charge in [0.1, 0.15) is 12.4 Å². The molecule has 0 heterocycles. The lowest BCUT2D eigenvalue weighted by molar-refractivity contribution is -0.161. The number of unbranched alkanes of at least 4 members (excludes halogenated alkanes) is 10. The number of aliphatic hydroxyl groups is 2. The number of allylic oxidation sites excluding steroid dienone is 9.